The normalized spacial score (nSPS) is 14.5. The van der Waals surface area contributed by atoms with E-state index in [0.29, 0.717) is 6.04 Å². The average molecular weight is 186 g/mol. The first-order valence-electron chi connectivity index (χ1n) is 5.62. The number of hydrogen-bond acceptors (Lipinski definition) is 2. The van der Waals surface area contributed by atoms with Crippen LogP contribution >= 0.6 is 0 Å². The molecule has 0 radical (unpaired) electrons. The topological polar surface area (TPSA) is 52.0 Å². The van der Waals surface area contributed by atoms with Gasteiger partial charge >= 0.3 is 0 Å². The molecule has 80 valence electrons. The number of hydrogen-bond donors (Lipinski definition) is 2. The Kier molecular flexibility index (Phi) is 6.35. The highest BCUT2D eigenvalue weighted by molar-refractivity contribution is 4.82. The van der Waals surface area contributed by atoms with Gasteiger partial charge < -0.3 is 11.5 Å². The van der Waals surface area contributed by atoms with Crippen LogP contribution in [0.3, 0.4) is 0 Å². The zero-order valence-corrected chi connectivity index (χ0v) is 9.47. The third-order valence-electron chi connectivity index (χ3n) is 3.08. The van der Waals surface area contributed by atoms with E-state index in [1.165, 1.54) is 6.42 Å². The summed E-state index contributed by atoms with van der Waals surface area (Å²) in [6, 6.07) is 0.353. The van der Waals surface area contributed by atoms with Crippen LogP contribution in [0.4, 0.5) is 0 Å². The first kappa shape index (κ1) is 12.9. The van der Waals surface area contributed by atoms with Crippen molar-refractivity contribution in [3.8, 4) is 0 Å². The van der Waals surface area contributed by atoms with Gasteiger partial charge in [0.25, 0.3) is 0 Å². The van der Waals surface area contributed by atoms with Gasteiger partial charge in [-0.25, -0.2) is 0 Å². The van der Waals surface area contributed by atoms with E-state index < -0.39 is 0 Å². The fraction of sp³-hybridized carbons (Fsp3) is 1.00. The summed E-state index contributed by atoms with van der Waals surface area (Å²) in [5, 5.41) is 0. The van der Waals surface area contributed by atoms with Crippen molar-refractivity contribution in [2.45, 2.75) is 70.9 Å². The highest BCUT2D eigenvalue weighted by atomic mass is 14.7. The molecular formula is C11H26N2. The summed E-state index contributed by atoms with van der Waals surface area (Å²) in [4.78, 5) is 0. The standard InChI is InChI=1S/C11H26N2/c1-4-7-10(12)8-9-11(13,5-2)6-3/h10H,4-9,12-13H2,1-3H3. The molecule has 2 heteroatoms. The summed E-state index contributed by atoms with van der Waals surface area (Å²) in [7, 11) is 0. The van der Waals surface area contributed by atoms with Crippen molar-refractivity contribution in [3.63, 3.8) is 0 Å². The van der Waals surface area contributed by atoms with Crippen molar-refractivity contribution in [1.82, 2.24) is 0 Å². The Morgan fingerprint density at radius 2 is 1.62 bits per heavy atom. The van der Waals surface area contributed by atoms with Crippen LogP contribution in [0.25, 0.3) is 0 Å². The number of rotatable bonds is 7. The Hall–Kier alpha value is -0.0800. The summed E-state index contributed by atoms with van der Waals surface area (Å²) >= 11 is 0. The molecule has 0 bridgehead atoms. The third kappa shape index (κ3) is 5.27. The Labute approximate surface area is 83.1 Å². The summed E-state index contributed by atoms with van der Waals surface area (Å²) in [6.07, 6.45) is 6.57. The van der Waals surface area contributed by atoms with E-state index >= 15 is 0 Å². The van der Waals surface area contributed by atoms with Crippen molar-refractivity contribution in [3.05, 3.63) is 0 Å². The predicted octanol–water partition coefficient (Wildman–Crippen LogP) is 2.41. The van der Waals surface area contributed by atoms with Gasteiger partial charge in [-0.1, -0.05) is 27.2 Å². The minimum atomic E-state index is 0.0331. The maximum atomic E-state index is 6.19. The smallest absolute Gasteiger partial charge is 0.0149 e. The monoisotopic (exact) mass is 186 g/mol. The van der Waals surface area contributed by atoms with Crippen LogP contribution < -0.4 is 11.5 Å². The van der Waals surface area contributed by atoms with Gasteiger partial charge in [-0.05, 0) is 32.1 Å². The molecule has 0 rings (SSSR count). The van der Waals surface area contributed by atoms with Crippen molar-refractivity contribution in [2.75, 3.05) is 0 Å². The van der Waals surface area contributed by atoms with Crippen LogP contribution in [-0.4, -0.2) is 11.6 Å². The second-order valence-electron chi connectivity index (χ2n) is 4.16. The molecule has 0 aliphatic rings. The lowest BCUT2D eigenvalue weighted by molar-refractivity contribution is 0.339. The highest BCUT2D eigenvalue weighted by Gasteiger charge is 2.20. The lowest BCUT2D eigenvalue weighted by Gasteiger charge is -2.27. The molecule has 0 amide bonds. The Bertz CT molecular complexity index is 119. The molecule has 0 aliphatic heterocycles. The molecule has 0 heterocycles. The average Bonchev–Trinajstić information content (AvgIpc) is 2.15. The predicted molar refractivity (Wildman–Crippen MR) is 59.6 cm³/mol. The molecular weight excluding hydrogens is 160 g/mol. The maximum absolute atomic E-state index is 6.19. The van der Waals surface area contributed by atoms with Crippen molar-refractivity contribution < 1.29 is 0 Å². The Morgan fingerprint density at radius 3 is 2.00 bits per heavy atom. The van der Waals surface area contributed by atoms with E-state index in [1.807, 2.05) is 0 Å². The summed E-state index contributed by atoms with van der Waals surface area (Å²) in [5.74, 6) is 0. The lowest BCUT2D eigenvalue weighted by Crippen LogP contribution is -2.39. The molecule has 0 aromatic rings. The molecule has 0 aliphatic carbocycles. The second kappa shape index (κ2) is 6.39. The van der Waals surface area contributed by atoms with E-state index in [9.17, 15) is 0 Å². The van der Waals surface area contributed by atoms with Crippen molar-refractivity contribution in [2.24, 2.45) is 11.5 Å². The minimum absolute atomic E-state index is 0.0331. The van der Waals surface area contributed by atoms with Crippen LogP contribution in [0, 0.1) is 0 Å². The zero-order chi connectivity index (χ0) is 10.3. The highest BCUT2D eigenvalue weighted by Crippen LogP contribution is 2.19. The Morgan fingerprint density at radius 1 is 1.08 bits per heavy atom. The molecule has 0 aromatic heterocycles. The summed E-state index contributed by atoms with van der Waals surface area (Å²) in [5.41, 5.74) is 12.2. The quantitative estimate of drug-likeness (QED) is 0.641. The minimum Gasteiger partial charge on any atom is -0.328 e. The second-order valence-corrected chi connectivity index (χ2v) is 4.16. The molecule has 2 nitrogen and oxygen atoms in total. The van der Waals surface area contributed by atoms with E-state index in [2.05, 4.69) is 20.8 Å². The van der Waals surface area contributed by atoms with Crippen LogP contribution in [-0.2, 0) is 0 Å². The van der Waals surface area contributed by atoms with Crippen LogP contribution in [0.15, 0.2) is 0 Å². The maximum Gasteiger partial charge on any atom is 0.0149 e. The van der Waals surface area contributed by atoms with E-state index in [0.717, 1.165) is 32.1 Å². The summed E-state index contributed by atoms with van der Waals surface area (Å²) < 4.78 is 0. The SMILES string of the molecule is CCCC(N)CCC(N)(CC)CC. The van der Waals surface area contributed by atoms with Crippen LogP contribution in [0.2, 0.25) is 0 Å². The summed E-state index contributed by atoms with van der Waals surface area (Å²) in [6.45, 7) is 6.50. The van der Waals surface area contributed by atoms with E-state index in [1.54, 1.807) is 0 Å². The largest absolute Gasteiger partial charge is 0.328 e. The van der Waals surface area contributed by atoms with E-state index in [-0.39, 0.29) is 5.54 Å². The van der Waals surface area contributed by atoms with Gasteiger partial charge in [0.2, 0.25) is 0 Å². The lowest BCUT2D eigenvalue weighted by atomic mass is 9.87. The molecule has 13 heavy (non-hydrogen) atoms. The molecule has 0 saturated carbocycles. The van der Waals surface area contributed by atoms with Gasteiger partial charge in [0.1, 0.15) is 0 Å². The zero-order valence-electron chi connectivity index (χ0n) is 9.47. The first-order chi connectivity index (χ1) is 6.08. The van der Waals surface area contributed by atoms with Gasteiger partial charge in [0, 0.05) is 11.6 Å². The molecule has 0 spiro atoms. The number of nitrogens with two attached hydrogens (primary N) is 2. The van der Waals surface area contributed by atoms with Gasteiger partial charge in [0.15, 0.2) is 0 Å². The van der Waals surface area contributed by atoms with Gasteiger partial charge in [-0.15, -0.1) is 0 Å². The van der Waals surface area contributed by atoms with Crippen molar-refractivity contribution >= 4 is 0 Å². The van der Waals surface area contributed by atoms with Gasteiger partial charge in [-0.2, -0.15) is 0 Å². The molecule has 1 atom stereocenters. The van der Waals surface area contributed by atoms with Crippen LogP contribution in [0.5, 0.6) is 0 Å². The third-order valence-corrected chi connectivity index (χ3v) is 3.08. The van der Waals surface area contributed by atoms with Crippen LogP contribution in [0.1, 0.15) is 59.3 Å². The van der Waals surface area contributed by atoms with Crippen molar-refractivity contribution in [1.29, 1.82) is 0 Å². The first-order valence-corrected chi connectivity index (χ1v) is 5.62. The molecule has 0 saturated heterocycles. The Balaban J connectivity index is 3.71. The van der Waals surface area contributed by atoms with Gasteiger partial charge in [-0.3, -0.25) is 0 Å². The fourth-order valence-corrected chi connectivity index (χ4v) is 1.59. The molecule has 0 aromatic carbocycles. The molecule has 1 unspecified atom stereocenters. The van der Waals surface area contributed by atoms with Gasteiger partial charge in [0.05, 0.1) is 0 Å². The molecule has 0 fully saturated rings. The van der Waals surface area contributed by atoms with E-state index in [4.69, 9.17) is 11.5 Å². The molecule has 4 N–H and O–H groups in total. The fourth-order valence-electron chi connectivity index (χ4n) is 1.59.